The number of unbranched alkanes of at least 4 members (excludes halogenated alkanes) is 1. The molecule has 1 heteroatoms. The van der Waals surface area contributed by atoms with Crippen molar-refractivity contribution in [3.63, 3.8) is 0 Å². The molecular weight excluding hydrogens is 128 g/mol. The normalized spacial score (nSPS) is 23.4. The SMILES string of the molecule is CCCC=C1CCCS1. The van der Waals surface area contributed by atoms with E-state index in [1.807, 2.05) is 11.8 Å². The summed E-state index contributed by atoms with van der Waals surface area (Å²) in [6.45, 7) is 2.23. The second-order valence-corrected chi connectivity index (χ2v) is 3.63. The van der Waals surface area contributed by atoms with Gasteiger partial charge < -0.3 is 0 Å². The molecule has 0 aliphatic carbocycles. The van der Waals surface area contributed by atoms with Gasteiger partial charge in [0.15, 0.2) is 0 Å². The van der Waals surface area contributed by atoms with Crippen molar-refractivity contribution in [1.29, 1.82) is 0 Å². The predicted molar refractivity (Wildman–Crippen MR) is 44.7 cm³/mol. The lowest BCUT2D eigenvalue weighted by molar-refractivity contribution is 0.934. The zero-order valence-electron chi connectivity index (χ0n) is 6.02. The molecule has 0 N–H and O–H groups in total. The van der Waals surface area contributed by atoms with E-state index in [2.05, 4.69) is 13.0 Å². The van der Waals surface area contributed by atoms with Gasteiger partial charge in [-0.15, -0.1) is 11.8 Å². The van der Waals surface area contributed by atoms with Gasteiger partial charge in [-0.3, -0.25) is 0 Å². The maximum Gasteiger partial charge on any atom is -0.00200 e. The summed E-state index contributed by atoms with van der Waals surface area (Å²) < 4.78 is 0. The van der Waals surface area contributed by atoms with Gasteiger partial charge in [-0.1, -0.05) is 19.4 Å². The van der Waals surface area contributed by atoms with Crippen LogP contribution < -0.4 is 0 Å². The van der Waals surface area contributed by atoms with Crippen LogP contribution in [0.1, 0.15) is 32.6 Å². The molecule has 9 heavy (non-hydrogen) atoms. The molecule has 0 radical (unpaired) electrons. The number of rotatable bonds is 2. The van der Waals surface area contributed by atoms with Gasteiger partial charge in [0.2, 0.25) is 0 Å². The minimum atomic E-state index is 1.28. The molecule has 1 aliphatic heterocycles. The van der Waals surface area contributed by atoms with E-state index in [1.54, 1.807) is 4.91 Å². The van der Waals surface area contributed by atoms with Crippen molar-refractivity contribution in [2.45, 2.75) is 32.6 Å². The van der Waals surface area contributed by atoms with Crippen LogP contribution in [0.15, 0.2) is 11.0 Å². The molecule has 0 aromatic rings. The largest absolute Gasteiger partial charge is 0.131 e. The molecule has 0 unspecified atom stereocenters. The van der Waals surface area contributed by atoms with Crippen LogP contribution >= 0.6 is 11.8 Å². The van der Waals surface area contributed by atoms with Gasteiger partial charge in [-0.25, -0.2) is 0 Å². The van der Waals surface area contributed by atoms with Crippen LogP contribution in [0.3, 0.4) is 0 Å². The molecule has 1 fully saturated rings. The summed E-state index contributed by atoms with van der Waals surface area (Å²) in [7, 11) is 0. The average Bonchev–Trinajstić information content (AvgIpc) is 2.34. The lowest BCUT2D eigenvalue weighted by Gasteiger charge is -1.91. The van der Waals surface area contributed by atoms with Crippen molar-refractivity contribution in [1.82, 2.24) is 0 Å². The quantitative estimate of drug-likeness (QED) is 0.570. The average molecular weight is 142 g/mol. The molecular formula is C8H14S. The fraction of sp³-hybridized carbons (Fsp3) is 0.750. The van der Waals surface area contributed by atoms with Crippen molar-refractivity contribution in [2.75, 3.05) is 5.75 Å². The van der Waals surface area contributed by atoms with Gasteiger partial charge in [0, 0.05) is 0 Å². The molecule has 0 nitrogen and oxygen atoms in total. The second-order valence-electron chi connectivity index (χ2n) is 2.41. The van der Waals surface area contributed by atoms with Gasteiger partial charge in [0.05, 0.1) is 0 Å². The summed E-state index contributed by atoms with van der Waals surface area (Å²) in [5, 5.41) is 0. The van der Waals surface area contributed by atoms with Gasteiger partial charge in [0.25, 0.3) is 0 Å². The maximum atomic E-state index is 2.40. The van der Waals surface area contributed by atoms with E-state index in [4.69, 9.17) is 0 Å². The third-order valence-corrected chi connectivity index (χ3v) is 2.75. The Hall–Kier alpha value is 0.0900. The Balaban J connectivity index is 2.22. The van der Waals surface area contributed by atoms with E-state index in [-0.39, 0.29) is 0 Å². The fourth-order valence-electron chi connectivity index (χ4n) is 0.988. The number of hydrogen-bond acceptors (Lipinski definition) is 1. The topological polar surface area (TPSA) is 0 Å². The maximum absolute atomic E-state index is 2.40. The van der Waals surface area contributed by atoms with Crippen molar-refractivity contribution in [3.8, 4) is 0 Å². The molecule has 1 rings (SSSR count). The van der Waals surface area contributed by atoms with Crippen LogP contribution in [-0.2, 0) is 0 Å². The number of hydrogen-bond donors (Lipinski definition) is 0. The lowest BCUT2D eigenvalue weighted by Crippen LogP contribution is -1.67. The first kappa shape index (κ1) is 7.20. The Morgan fingerprint density at radius 2 is 2.56 bits per heavy atom. The first-order valence-electron chi connectivity index (χ1n) is 3.75. The molecule has 0 atom stereocenters. The van der Waals surface area contributed by atoms with Gasteiger partial charge >= 0.3 is 0 Å². The summed E-state index contributed by atoms with van der Waals surface area (Å²) in [6.07, 6.45) is 7.73. The predicted octanol–water partition coefficient (Wildman–Crippen LogP) is 3.20. The molecule has 52 valence electrons. The highest BCUT2D eigenvalue weighted by molar-refractivity contribution is 8.03. The molecule has 0 aromatic carbocycles. The highest BCUT2D eigenvalue weighted by atomic mass is 32.2. The van der Waals surface area contributed by atoms with Gasteiger partial charge in [0.1, 0.15) is 0 Å². The third kappa shape index (κ3) is 2.44. The fourth-order valence-corrected chi connectivity index (χ4v) is 2.06. The van der Waals surface area contributed by atoms with E-state index in [1.165, 1.54) is 31.4 Å². The summed E-state index contributed by atoms with van der Waals surface area (Å²) >= 11 is 2.04. The molecule has 0 bridgehead atoms. The second kappa shape index (κ2) is 3.99. The van der Waals surface area contributed by atoms with E-state index < -0.39 is 0 Å². The Morgan fingerprint density at radius 1 is 1.67 bits per heavy atom. The van der Waals surface area contributed by atoms with Crippen LogP contribution in [0, 0.1) is 0 Å². The summed E-state index contributed by atoms with van der Waals surface area (Å²) in [4.78, 5) is 1.64. The van der Waals surface area contributed by atoms with Gasteiger partial charge in [-0.05, 0) is 29.9 Å². The first-order valence-corrected chi connectivity index (χ1v) is 4.74. The third-order valence-electron chi connectivity index (χ3n) is 1.52. The van der Waals surface area contributed by atoms with Gasteiger partial charge in [-0.2, -0.15) is 0 Å². The first-order chi connectivity index (χ1) is 4.43. The minimum absolute atomic E-state index is 1.28. The van der Waals surface area contributed by atoms with Crippen molar-refractivity contribution >= 4 is 11.8 Å². The van der Waals surface area contributed by atoms with E-state index >= 15 is 0 Å². The zero-order valence-corrected chi connectivity index (χ0v) is 6.84. The summed E-state index contributed by atoms with van der Waals surface area (Å²) in [5.74, 6) is 1.36. The monoisotopic (exact) mass is 142 g/mol. The standard InChI is InChI=1S/C8H14S/c1-2-3-5-8-6-4-7-9-8/h5H,2-4,6-7H2,1H3. The van der Waals surface area contributed by atoms with Crippen LogP contribution in [0.5, 0.6) is 0 Å². The van der Waals surface area contributed by atoms with Crippen LogP contribution in [0.2, 0.25) is 0 Å². The minimum Gasteiger partial charge on any atom is -0.131 e. The van der Waals surface area contributed by atoms with Crippen LogP contribution in [0.25, 0.3) is 0 Å². The van der Waals surface area contributed by atoms with E-state index in [0.29, 0.717) is 0 Å². The highest BCUT2D eigenvalue weighted by Crippen LogP contribution is 2.30. The van der Waals surface area contributed by atoms with Crippen molar-refractivity contribution in [3.05, 3.63) is 11.0 Å². The van der Waals surface area contributed by atoms with Crippen LogP contribution in [0.4, 0.5) is 0 Å². The van der Waals surface area contributed by atoms with Crippen molar-refractivity contribution in [2.24, 2.45) is 0 Å². The molecule has 0 aromatic heterocycles. The molecule has 1 heterocycles. The Kier molecular flexibility index (Phi) is 3.20. The van der Waals surface area contributed by atoms with Crippen molar-refractivity contribution < 1.29 is 0 Å². The molecule has 0 amide bonds. The Morgan fingerprint density at radius 3 is 3.11 bits per heavy atom. The molecule has 0 saturated carbocycles. The Bertz CT molecular complexity index is 97.1. The van der Waals surface area contributed by atoms with Crippen LogP contribution in [-0.4, -0.2) is 5.75 Å². The number of allylic oxidation sites excluding steroid dienone is 2. The van der Waals surface area contributed by atoms with E-state index in [9.17, 15) is 0 Å². The molecule has 0 spiro atoms. The zero-order chi connectivity index (χ0) is 6.53. The molecule has 1 aliphatic rings. The summed E-state index contributed by atoms with van der Waals surface area (Å²) in [6, 6.07) is 0. The number of thioether (sulfide) groups is 1. The molecule has 1 saturated heterocycles. The Labute approximate surface area is 61.7 Å². The lowest BCUT2D eigenvalue weighted by atomic mass is 10.2. The van der Waals surface area contributed by atoms with E-state index in [0.717, 1.165) is 0 Å². The highest BCUT2D eigenvalue weighted by Gasteiger charge is 2.04. The smallest absolute Gasteiger partial charge is 0.00200 e. The summed E-state index contributed by atoms with van der Waals surface area (Å²) in [5.41, 5.74) is 0.